The number of hydrazine groups is 1. The summed E-state index contributed by atoms with van der Waals surface area (Å²) in [4.78, 5) is 11.4. The normalized spacial score (nSPS) is 36.8. The molecule has 2 N–H and O–H groups in total. The first-order valence-electron chi connectivity index (χ1n) is 4.14. The molecule has 1 heterocycles. The maximum atomic E-state index is 11.4. The second kappa shape index (κ2) is 3.03. The van der Waals surface area contributed by atoms with Gasteiger partial charge in [0.2, 0.25) is 0 Å². The predicted octanol–water partition coefficient (Wildman–Crippen LogP) is 0.134. The third-order valence-corrected chi connectivity index (χ3v) is 2.96. The fraction of sp³-hybridized carbons (Fsp3) is 0.875. The van der Waals surface area contributed by atoms with Gasteiger partial charge in [0.1, 0.15) is 5.54 Å². The molecule has 0 aliphatic carbocycles. The molecule has 0 spiro atoms. The number of nitrogens with two attached hydrogens (primary N) is 1. The number of carbonyl (C=O) groups excluding carboxylic acids is 1. The van der Waals surface area contributed by atoms with E-state index in [0.717, 1.165) is 13.0 Å². The van der Waals surface area contributed by atoms with E-state index in [1.165, 1.54) is 7.11 Å². The van der Waals surface area contributed by atoms with Crippen molar-refractivity contribution in [1.29, 1.82) is 0 Å². The fourth-order valence-electron chi connectivity index (χ4n) is 1.65. The summed E-state index contributed by atoms with van der Waals surface area (Å²) >= 11 is 0. The number of methoxy groups -OCH3 is 1. The Morgan fingerprint density at radius 2 is 2.33 bits per heavy atom. The molecular weight excluding hydrogens is 156 g/mol. The Kier molecular flexibility index (Phi) is 2.39. The van der Waals surface area contributed by atoms with Crippen molar-refractivity contribution in [2.45, 2.75) is 25.8 Å². The van der Waals surface area contributed by atoms with Crippen LogP contribution in [0.2, 0.25) is 0 Å². The highest BCUT2D eigenvalue weighted by Gasteiger charge is 2.48. The summed E-state index contributed by atoms with van der Waals surface area (Å²) in [5.41, 5.74) is -0.630. The van der Waals surface area contributed by atoms with Crippen molar-refractivity contribution in [3.63, 3.8) is 0 Å². The molecule has 1 aliphatic rings. The number of carbonyl (C=O) groups is 1. The first kappa shape index (κ1) is 9.48. The van der Waals surface area contributed by atoms with Gasteiger partial charge in [0.15, 0.2) is 0 Å². The van der Waals surface area contributed by atoms with Gasteiger partial charge in [-0.05, 0) is 19.3 Å². The highest BCUT2D eigenvalue weighted by atomic mass is 16.5. The van der Waals surface area contributed by atoms with Crippen LogP contribution >= 0.6 is 0 Å². The first-order valence-corrected chi connectivity index (χ1v) is 4.14. The van der Waals surface area contributed by atoms with Crippen molar-refractivity contribution in [3.8, 4) is 0 Å². The zero-order valence-electron chi connectivity index (χ0n) is 7.83. The average Bonchev–Trinajstić information content (AvgIpc) is 2.32. The zero-order chi connectivity index (χ0) is 9.35. The van der Waals surface area contributed by atoms with Crippen LogP contribution in [0, 0.1) is 5.92 Å². The molecule has 2 atom stereocenters. The molecule has 4 heteroatoms. The Morgan fingerprint density at radius 1 is 1.75 bits per heavy atom. The predicted molar refractivity (Wildman–Crippen MR) is 45.1 cm³/mol. The smallest absolute Gasteiger partial charge is 0.327 e. The maximum absolute atomic E-state index is 11.4. The fourth-order valence-corrected chi connectivity index (χ4v) is 1.65. The molecule has 0 aromatic rings. The Balaban J connectivity index is 2.86. The van der Waals surface area contributed by atoms with Crippen molar-refractivity contribution >= 4 is 5.97 Å². The summed E-state index contributed by atoms with van der Waals surface area (Å²) < 4.78 is 4.72. The molecule has 0 amide bonds. The van der Waals surface area contributed by atoms with Gasteiger partial charge < -0.3 is 4.74 Å². The minimum atomic E-state index is -0.630. The monoisotopic (exact) mass is 172 g/mol. The minimum absolute atomic E-state index is 0.241. The summed E-state index contributed by atoms with van der Waals surface area (Å²) in [7, 11) is 1.40. The van der Waals surface area contributed by atoms with Crippen molar-refractivity contribution < 1.29 is 9.53 Å². The van der Waals surface area contributed by atoms with Crippen LogP contribution in [0.4, 0.5) is 0 Å². The summed E-state index contributed by atoms with van der Waals surface area (Å²) in [5.74, 6) is 5.73. The SMILES string of the molecule is COC(=O)[C@]1(C)[C@@H](C)CCN1N. The molecule has 0 aromatic heterocycles. The van der Waals surface area contributed by atoms with E-state index in [2.05, 4.69) is 0 Å². The van der Waals surface area contributed by atoms with Gasteiger partial charge in [-0.15, -0.1) is 0 Å². The van der Waals surface area contributed by atoms with Gasteiger partial charge in [-0.2, -0.15) is 0 Å². The molecule has 1 rings (SSSR count). The molecule has 0 unspecified atom stereocenters. The summed E-state index contributed by atoms with van der Waals surface area (Å²) in [6.45, 7) is 4.60. The number of ether oxygens (including phenoxy) is 1. The number of nitrogens with zero attached hydrogens (tertiary/aromatic N) is 1. The van der Waals surface area contributed by atoms with E-state index in [9.17, 15) is 4.79 Å². The second-order valence-corrected chi connectivity index (χ2v) is 3.52. The largest absolute Gasteiger partial charge is 0.468 e. The lowest BCUT2D eigenvalue weighted by Crippen LogP contribution is -2.55. The summed E-state index contributed by atoms with van der Waals surface area (Å²) in [6, 6.07) is 0. The summed E-state index contributed by atoms with van der Waals surface area (Å²) in [5, 5.41) is 1.57. The lowest BCUT2D eigenvalue weighted by atomic mass is 9.89. The molecular formula is C8H16N2O2. The Morgan fingerprint density at radius 3 is 2.67 bits per heavy atom. The second-order valence-electron chi connectivity index (χ2n) is 3.52. The zero-order valence-corrected chi connectivity index (χ0v) is 7.83. The van der Waals surface area contributed by atoms with E-state index in [-0.39, 0.29) is 11.9 Å². The van der Waals surface area contributed by atoms with Crippen LogP contribution in [0.5, 0.6) is 0 Å². The third kappa shape index (κ3) is 1.11. The topological polar surface area (TPSA) is 55.6 Å². The Labute approximate surface area is 72.6 Å². The van der Waals surface area contributed by atoms with E-state index in [4.69, 9.17) is 10.6 Å². The van der Waals surface area contributed by atoms with Crippen molar-refractivity contribution in [2.75, 3.05) is 13.7 Å². The number of rotatable bonds is 1. The van der Waals surface area contributed by atoms with Gasteiger partial charge in [0.25, 0.3) is 0 Å². The van der Waals surface area contributed by atoms with E-state index < -0.39 is 5.54 Å². The van der Waals surface area contributed by atoms with Gasteiger partial charge in [-0.25, -0.2) is 9.80 Å². The highest BCUT2D eigenvalue weighted by molar-refractivity contribution is 5.81. The summed E-state index contributed by atoms with van der Waals surface area (Å²) in [6.07, 6.45) is 0.947. The van der Waals surface area contributed by atoms with Crippen LogP contribution in [-0.4, -0.2) is 30.2 Å². The molecule has 0 aromatic carbocycles. The van der Waals surface area contributed by atoms with Crippen molar-refractivity contribution in [3.05, 3.63) is 0 Å². The maximum Gasteiger partial charge on any atom is 0.327 e. The van der Waals surface area contributed by atoms with E-state index in [1.54, 1.807) is 5.01 Å². The molecule has 70 valence electrons. The molecule has 0 saturated carbocycles. The lowest BCUT2D eigenvalue weighted by molar-refractivity contribution is -0.154. The van der Waals surface area contributed by atoms with Gasteiger partial charge >= 0.3 is 5.97 Å². The van der Waals surface area contributed by atoms with E-state index >= 15 is 0 Å². The van der Waals surface area contributed by atoms with Gasteiger partial charge in [0.05, 0.1) is 7.11 Å². The number of hydrogen-bond acceptors (Lipinski definition) is 4. The molecule has 1 fully saturated rings. The average molecular weight is 172 g/mol. The Bertz CT molecular complexity index is 183. The van der Waals surface area contributed by atoms with Gasteiger partial charge in [-0.3, -0.25) is 5.84 Å². The van der Waals surface area contributed by atoms with E-state index in [0.29, 0.717) is 0 Å². The van der Waals surface area contributed by atoms with Crippen LogP contribution in [0.1, 0.15) is 20.3 Å². The van der Waals surface area contributed by atoms with Crippen LogP contribution in [0.15, 0.2) is 0 Å². The molecule has 0 bridgehead atoms. The van der Waals surface area contributed by atoms with Crippen molar-refractivity contribution in [1.82, 2.24) is 5.01 Å². The van der Waals surface area contributed by atoms with Crippen LogP contribution in [-0.2, 0) is 9.53 Å². The van der Waals surface area contributed by atoms with E-state index in [1.807, 2.05) is 13.8 Å². The van der Waals surface area contributed by atoms with Crippen LogP contribution < -0.4 is 5.84 Å². The molecule has 4 nitrogen and oxygen atoms in total. The third-order valence-electron chi connectivity index (χ3n) is 2.96. The molecule has 0 radical (unpaired) electrons. The molecule has 1 saturated heterocycles. The first-order chi connectivity index (χ1) is 5.53. The van der Waals surface area contributed by atoms with Gasteiger partial charge in [0, 0.05) is 6.54 Å². The quantitative estimate of drug-likeness (QED) is 0.451. The number of hydrogen-bond donors (Lipinski definition) is 1. The minimum Gasteiger partial charge on any atom is -0.468 e. The van der Waals surface area contributed by atoms with Crippen molar-refractivity contribution in [2.24, 2.45) is 11.8 Å². The highest BCUT2D eigenvalue weighted by Crippen LogP contribution is 2.32. The lowest BCUT2D eigenvalue weighted by Gasteiger charge is -2.31. The standard InChI is InChI=1S/C8H16N2O2/c1-6-4-5-10(9)8(6,2)7(11)12-3/h6H,4-5,9H2,1-3H3/t6-,8-/m0/s1. The molecule has 12 heavy (non-hydrogen) atoms. The van der Waals surface area contributed by atoms with Crippen LogP contribution in [0.3, 0.4) is 0 Å². The molecule has 1 aliphatic heterocycles. The van der Waals surface area contributed by atoms with Gasteiger partial charge in [-0.1, -0.05) is 6.92 Å². The van der Waals surface area contributed by atoms with Crippen LogP contribution in [0.25, 0.3) is 0 Å². The number of esters is 1. The Hall–Kier alpha value is -0.610.